The number of hydrogen-bond donors (Lipinski definition) is 0. The second-order valence-electron chi connectivity index (χ2n) is 3.21. The lowest BCUT2D eigenvalue weighted by Gasteiger charge is -2.30. The SMILES string of the molecule is O=S(=O)([O-])C1(F)CC(F)(F)C(F)(F)C1(F)F. The average Bonchev–Trinajstić information content (AvgIpc) is 2.07. The molecule has 0 aromatic carbocycles. The zero-order valence-corrected chi connectivity index (χ0v) is 7.80. The van der Waals surface area contributed by atoms with Crippen molar-refractivity contribution in [2.45, 2.75) is 29.2 Å². The van der Waals surface area contributed by atoms with Crippen LogP contribution in [0.4, 0.5) is 30.7 Å². The lowest BCUT2D eigenvalue weighted by Crippen LogP contribution is -2.55. The number of hydrogen-bond acceptors (Lipinski definition) is 3. The highest BCUT2D eigenvalue weighted by Gasteiger charge is 2.89. The molecule has 0 N–H and O–H groups in total. The molecule has 96 valence electrons. The van der Waals surface area contributed by atoms with E-state index in [1.165, 1.54) is 0 Å². The van der Waals surface area contributed by atoms with Crippen LogP contribution in [0.5, 0.6) is 0 Å². The Morgan fingerprint density at radius 2 is 1.25 bits per heavy atom. The Labute approximate surface area is 84.0 Å². The first-order chi connectivity index (χ1) is 6.71. The van der Waals surface area contributed by atoms with Gasteiger partial charge in [0.25, 0.3) is 5.00 Å². The van der Waals surface area contributed by atoms with Gasteiger partial charge in [0.05, 0.1) is 6.42 Å². The molecule has 11 heteroatoms. The first kappa shape index (κ1) is 13.5. The molecule has 0 spiro atoms. The van der Waals surface area contributed by atoms with Crippen molar-refractivity contribution in [3.63, 3.8) is 0 Å². The van der Waals surface area contributed by atoms with E-state index in [1.54, 1.807) is 0 Å². The Morgan fingerprint density at radius 1 is 0.875 bits per heavy atom. The highest BCUT2D eigenvalue weighted by molar-refractivity contribution is 7.87. The van der Waals surface area contributed by atoms with Crippen LogP contribution < -0.4 is 0 Å². The molecule has 0 saturated heterocycles. The van der Waals surface area contributed by atoms with Gasteiger partial charge in [-0.3, -0.25) is 0 Å². The third kappa shape index (κ3) is 1.21. The van der Waals surface area contributed by atoms with Gasteiger partial charge in [-0.2, -0.15) is 26.3 Å². The fraction of sp³-hybridized carbons (Fsp3) is 1.00. The molecule has 1 atom stereocenters. The molecule has 0 aromatic rings. The van der Waals surface area contributed by atoms with E-state index in [4.69, 9.17) is 0 Å². The highest BCUT2D eigenvalue weighted by atomic mass is 32.2. The van der Waals surface area contributed by atoms with Crippen LogP contribution in [-0.2, 0) is 10.1 Å². The van der Waals surface area contributed by atoms with E-state index in [1.807, 2.05) is 0 Å². The molecule has 0 radical (unpaired) electrons. The van der Waals surface area contributed by atoms with Gasteiger partial charge in [-0.25, -0.2) is 12.8 Å². The van der Waals surface area contributed by atoms with Crippen molar-refractivity contribution in [3.8, 4) is 0 Å². The predicted octanol–water partition coefficient (Wildman–Crippen LogP) is 1.51. The molecule has 0 heterocycles. The average molecular weight is 275 g/mol. The number of halogens is 7. The summed E-state index contributed by atoms with van der Waals surface area (Å²) in [6, 6.07) is 0. The minimum Gasteiger partial charge on any atom is -0.745 e. The normalized spacial score (nSPS) is 36.2. The van der Waals surface area contributed by atoms with Crippen LogP contribution in [0, 0.1) is 0 Å². The summed E-state index contributed by atoms with van der Waals surface area (Å²) in [5.41, 5.74) is 0. The molecule has 1 aliphatic rings. The van der Waals surface area contributed by atoms with Crippen molar-refractivity contribution in [2.24, 2.45) is 0 Å². The first-order valence-electron chi connectivity index (χ1n) is 3.48. The van der Waals surface area contributed by atoms with Crippen molar-refractivity contribution in [2.75, 3.05) is 0 Å². The Balaban J connectivity index is 3.53. The zero-order valence-electron chi connectivity index (χ0n) is 6.99. The van der Waals surface area contributed by atoms with Crippen LogP contribution in [0.1, 0.15) is 6.42 Å². The maximum atomic E-state index is 13.0. The van der Waals surface area contributed by atoms with Crippen molar-refractivity contribution < 1.29 is 43.7 Å². The van der Waals surface area contributed by atoms with Crippen LogP contribution in [0.15, 0.2) is 0 Å². The van der Waals surface area contributed by atoms with Gasteiger partial charge in [0.1, 0.15) is 10.1 Å². The quantitative estimate of drug-likeness (QED) is 0.538. The first-order valence-corrected chi connectivity index (χ1v) is 4.89. The molecule has 0 amide bonds. The standard InChI is InChI=1S/C5H3F7O3S/c6-2(7)1-3(8,16(13,14)15)5(11,12)4(2,9)10/h1H2,(H,13,14,15)/p-1. The lowest BCUT2D eigenvalue weighted by atomic mass is 10.2. The van der Waals surface area contributed by atoms with Gasteiger partial charge in [-0.15, -0.1) is 0 Å². The molecule has 1 rings (SSSR count). The maximum Gasteiger partial charge on any atom is 0.376 e. The minimum atomic E-state index is -6.68. The van der Waals surface area contributed by atoms with Gasteiger partial charge in [-0.05, 0) is 0 Å². The Morgan fingerprint density at radius 3 is 1.38 bits per heavy atom. The predicted molar refractivity (Wildman–Crippen MR) is 33.0 cm³/mol. The van der Waals surface area contributed by atoms with E-state index < -0.39 is 39.3 Å². The van der Waals surface area contributed by atoms with E-state index in [0.717, 1.165) is 0 Å². The van der Waals surface area contributed by atoms with E-state index >= 15 is 0 Å². The van der Waals surface area contributed by atoms with Crippen LogP contribution in [0.3, 0.4) is 0 Å². The Hall–Kier alpha value is -0.580. The van der Waals surface area contributed by atoms with Crippen molar-refractivity contribution in [1.82, 2.24) is 0 Å². The lowest BCUT2D eigenvalue weighted by molar-refractivity contribution is -0.280. The fourth-order valence-electron chi connectivity index (χ4n) is 1.22. The smallest absolute Gasteiger partial charge is 0.376 e. The van der Waals surface area contributed by atoms with Gasteiger partial charge in [0.2, 0.25) is 0 Å². The highest BCUT2D eigenvalue weighted by Crippen LogP contribution is 2.63. The minimum absolute atomic E-state index is 3.08. The van der Waals surface area contributed by atoms with Crippen molar-refractivity contribution in [3.05, 3.63) is 0 Å². The third-order valence-electron chi connectivity index (χ3n) is 2.17. The van der Waals surface area contributed by atoms with Gasteiger partial charge in [-0.1, -0.05) is 0 Å². The van der Waals surface area contributed by atoms with E-state index in [9.17, 15) is 43.7 Å². The van der Waals surface area contributed by atoms with Crippen molar-refractivity contribution in [1.29, 1.82) is 0 Å². The third-order valence-corrected chi connectivity index (χ3v) is 3.36. The summed E-state index contributed by atoms with van der Waals surface area (Å²) in [6.07, 6.45) is -3.08. The summed E-state index contributed by atoms with van der Waals surface area (Å²) >= 11 is 0. The molecule has 1 saturated carbocycles. The summed E-state index contributed by atoms with van der Waals surface area (Å²) in [7, 11) is -6.68. The van der Waals surface area contributed by atoms with E-state index in [0.29, 0.717) is 0 Å². The van der Waals surface area contributed by atoms with Gasteiger partial charge >= 0.3 is 17.8 Å². The Kier molecular flexibility index (Phi) is 2.37. The molecule has 0 aliphatic heterocycles. The van der Waals surface area contributed by atoms with Crippen LogP contribution in [0.2, 0.25) is 0 Å². The molecule has 3 nitrogen and oxygen atoms in total. The van der Waals surface area contributed by atoms with Gasteiger partial charge in [0.15, 0.2) is 0 Å². The summed E-state index contributed by atoms with van der Waals surface area (Å²) in [5.74, 6) is -18.2. The van der Waals surface area contributed by atoms with Crippen LogP contribution >= 0.6 is 0 Å². The topological polar surface area (TPSA) is 57.2 Å². The second kappa shape index (κ2) is 2.81. The van der Waals surface area contributed by atoms with Crippen molar-refractivity contribution >= 4 is 10.1 Å². The Bertz CT molecular complexity index is 416. The molecular formula is C5H2F7O3S-. The molecule has 16 heavy (non-hydrogen) atoms. The van der Waals surface area contributed by atoms with E-state index in [2.05, 4.69) is 0 Å². The van der Waals surface area contributed by atoms with E-state index in [-0.39, 0.29) is 0 Å². The molecular weight excluding hydrogens is 273 g/mol. The zero-order chi connectivity index (χ0) is 13.2. The molecule has 1 unspecified atom stereocenters. The maximum absolute atomic E-state index is 13.0. The molecule has 1 aliphatic carbocycles. The van der Waals surface area contributed by atoms with Crippen LogP contribution in [-0.4, -0.2) is 35.7 Å². The monoisotopic (exact) mass is 275 g/mol. The molecule has 1 fully saturated rings. The fourth-order valence-corrected chi connectivity index (χ4v) is 2.02. The molecule has 0 aromatic heterocycles. The van der Waals surface area contributed by atoms with Gasteiger partial charge < -0.3 is 4.55 Å². The number of alkyl halides is 7. The number of rotatable bonds is 1. The van der Waals surface area contributed by atoms with Crippen LogP contribution in [0.25, 0.3) is 0 Å². The summed E-state index contributed by atoms with van der Waals surface area (Å²) in [5, 5.41) is -5.52. The summed E-state index contributed by atoms with van der Waals surface area (Å²) in [4.78, 5) is 0. The largest absolute Gasteiger partial charge is 0.745 e. The summed E-state index contributed by atoms with van der Waals surface area (Å²) in [6.45, 7) is 0. The second-order valence-corrected chi connectivity index (χ2v) is 4.77. The van der Waals surface area contributed by atoms with Gasteiger partial charge in [0, 0.05) is 0 Å². The summed E-state index contributed by atoms with van der Waals surface area (Å²) < 4.78 is 118. The molecule has 0 bridgehead atoms.